The Morgan fingerprint density at radius 3 is 2.67 bits per heavy atom. The fourth-order valence-electron chi connectivity index (χ4n) is 0.611. The van der Waals surface area contributed by atoms with E-state index in [9.17, 15) is 18.8 Å². The number of H-pyrrole nitrogens is 1. The Morgan fingerprint density at radius 2 is 2.17 bits per heavy atom. The fourth-order valence-corrected chi connectivity index (χ4v) is 0.611. The minimum Gasteiger partial charge on any atom is -0.351 e. The zero-order chi connectivity index (χ0) is 9.30. The molecular weight excluding hydrogens is 169 g/mol. The first-order chi connectivity index (χ1) is 5.52. The number of aromatic amines is 1. The second-order valence-electron chi connectivity index (χ2n) is 1.94. The largest absolute Gasteiger partial charge is 0.351 e. The number of nitrogens with two attached hydrogens (primary N) is 1. The van der Waals surface area contributed by atoms with Gasteiger partial charge in [-0.1, -0.05) is 0 Å². The highest BCUT2D eigenvalue weighted by Crippen LogP contribution is 1.81. The summed E-state index contributed by atoms with van der Waals surface area (Å²) in [6, 6.07) is -1.16. The van der Waals surface area contributed by atoms with Gasteiger partial charge in [0.1, 0.15) is 0 Å². The lowest BCUT2D eigenvalue weighted by atomic mass is 10.6. The van der Waals surface area contributed by atoms with Crippen LogP contribution in [0.1, 0.15) is 0 Å². The number of aromatic nitrogens is 2. The predicted octanol–water partition coefficient (Wildman–Crippen LogP) is -1.40. The van der Waals surface area contributed by atoms with E-state index in [1.165, 1.54) is 0 Å². The van der Waals surface area contributed by atoms with Crippen molar-refractivity contribution in [3.63, 3.8) is 0 Å². The summed E-state index contributed by atoms with van der Waals surface area (Å²) in [5.41, 5.74) is 2.42. The number of rotatable bonds is 0. The molecule has 0 saturated heterocycles. The Morgan fingerprint density at radius 1 is 1.58 bits per heavy atom. The molecule has 64 valence electrons. The van der Waals surface area contributed by atoms with Crippen LogP contribution in [0.5, 0.6) is 0 Å². The van der Waals surface area contributed by atoms with Gasteiger partial charge in [-0.15, -0.1) is 0 Å². The van der Waals surface area contributed by atoms with E-state index in [1.54, 1.807) is 4.98 Å². The van der Waals surface area contributed by atoms with Crippen LogP contribution in [0.15, 0.2) is 15.8 Å². The molecule has 0 aromatic carbocycles. The summed E-state index contributed by atoms with van der Waals surface area (Å²) in [6.07, 6.45) is 0.434. The van der Waals surface area contributed by atoms with E-state index in [0.29, 0.717) is 6.20 Å². The van der Waals surface area contributed by atoms with Crippen molar-refractivity contribution >= 4 is 6.03 Å². The van der Waals surface area contributed by atoms with Crippen LogP contribution in [0.3, 0.4) is 0 Å². The Bertz CT molecular complexity index is 432. The first kappa shape index (κ1) is 8.18. The minimum absolute atomic E-state index is 0.261. The molecule has 0 radical (unpaired) electrons. The molecule has 1 aromatic rings. The van der Waals surface area contributed by atoms with Gasteiger partial charge in [-0.3, -0.25) is 9.78 Å². The number of hydrogen-bond donors (Lipinski definition) is 2. The summed E-state index contributed by atoms with van der Waals surface area (Å²) in [5.74, 6) is -1.24. The lowest BCUT2D eigenvalue weighted by Gasteiger charge is -1.96. The topological polar surface area (TPSA) is 97.9 Å². The third kappa shape index (κ3) is 1.24. The van der Waals surface area contributed by atoms with E-state index in [-0.39, 0.29) is 4.57 Å². The third-order valence-corrected chi connectivity index (χ3v) is 1.14. The van der Waals surface area contributed by atoms with Gasteiger partial charge < -0.3 is 5.73 Å². The van der Waals surface area contributed by atoms with E-state index in [1.807, 2.05) is 0 Å². The molecule has 1 rings (SSSR count). The number of primary amides is 1. The molecule has 1 aromatic heterocycles. The van der Waals surface area contributed by atoms with Crippen LogP contribution in [-0.4, -0.2) is 15.6 Å². The molecule has 3 N–H and O–H groups in total. The van der Waals surface area contributed by atoms with Crippen molar-refractivity contribution in [3.8, 4) is 0 Å². The van der Waals surface area contributed by atoms with Crippen molar-refractivity contribution in [3.05, 3.63) is 32.9 Å². The predicted molar refractivity (Wildman–Crippen MR) is 36.3 cm³/mol. The maximum atomic E-state index is 12.4. The number of carbonyl (C=O) groups is 1. The number of nitrogens with zero attached hydrogens (tertiary/aromatic N) is 1. The molecule has 0 bridgehead atoms. The number of carbonyl (C=O) groups excluding carboxylic acids is 1. The van der Waals surface area contributed by atoms with E-state index in [4.69, 9.17) is 0 Å². The summed E-state index contributed by atoms with van der Waals surface area (Å²) in [5, 5.41) is 0. The molecule has 0 aliphatic carbocycles. The highest BCUT2D eigenvalue weighted by molar-refractivity contribution is 5.74. The molecule has 1 heterocycles. The molecule has 12 heavy (non-hydrogen) atoms. The molecule has 0 aliphatic heterocycles. The minimum atomic E-state index is -1.24. The van der Waals surface area contributed by atoms with Crippen molar-refractivity contribution < 1.29 is 9.18 Å². The molecule has 0 atom stereocenters. The molecule has 1 amide bonds. The maximum Gasteiger partial charge on any atom is 0.336 e. The molecular formula is C5H4FN3O3. The van der Waals surface area contributed by atoms with E-state index in [0.717, 1.165) is 0 Å². The Hall–Kier alpha value is -1.92. The first-order valence-electron chi connectivity index (χ1n) is 2.83. The monoisotopic (exact) mass is 173 g/mol. The molecule has 0 fully saturated rings. The number of amides is 1. The summed E-state index contributed by atoms with van der Waals surface area (Å²) >= 11 is 0. The van der Waals surface area contributed by atoms with Crippen LogP contribution in [0.2, 0.25) is 0 Å². The second kappa shape index (κ2) is 2.61. The molecule has 0 unspecified atom stereocenters. The van der Waals surface area contributed by atoms with Crippen molar-refractivity contribution in [2.75, 3.05) is 0 Å². The average molecular weight is 173 g/mol. The fraction of sp³-hybridized carbons (Fsp3) is 0. The van der Waals surface area contributed by atoms with Gasteiger partial charge in [0.15, 0.2) is 0 Å². The van der Waals surface area contributed by atoms with Crippen LogP contribution >= 0.6 is 0 Å². The zero-order valence-corrected chi connectivity index (χ0v) is 5.70. The van der Waals surface area contributed by atoms with Gasteiger partial charge in [0.05, 0.1) is 6.20 Å². The first-order valence-corrected chi connectivity index (χ1v) is 2.83. The normalized spacial score (nSPS) is 9.75. The lowest BCUT2D eigenvalue weighted by molar-refractivity contribution is 0.249. The van der Waals surface area contributed by atoms with Crippen LogP contribution in [0.25, 0.3) is 0 Å². The molecule has 0 aliphatic rings. The summed E-state index contributed by atoms with van der Waals surface area (Å²) in [7, 11) is 0. The summed E-state index contributed by atoms with van der Waals surface area (Å²) < 4.78 is 12.7. The van der Waals surface area contributed by atoms with Gasteiger partial charge >= 0.3 is 11.7 Å². The highest BCUT2D eigenvalue weighted by atomic mass is 19.1. The van der Waals surface area contributed by atoms with Gasteiger partial charge in [0.25, 0.3) is 5.56 Å². The maximum absolute atomic E-state index is 12.4. The van der Waals surface area contributed by atoms with E-state index < -0.39 is 23.1 Å². The quantitative estimate of drug-likeness (QED) is 0.504. The zero-order valence-electron chi connectivity index (χ0n) is 5.70. The van der Waals surface area contributed by atoms with Crippen LogP contribution in [0, 0.1) is 5.82 Å². The van der Waals surface area contributed by atoms with Gasteiger partial charge in [0, 0.05) is 0 Å². The molecule has 6 nitrogen and oxygen atoms in total. The van der Waals surface area contributed by atoms with Crippen molar-refractivity contribution in [2.45, 2.75) is 0 Å². The van der Waals surface area contributed by atoms with Gasteiger partial charge in [-0.05, 0) is 0 Å². The number of hydrogen-bond acceptors (Lipinski definition) is 3. The van der Waals surface area contributed by atoms with Crippen LogP contribution < -0.4 is 17.0 Å². The smallest absolute Gasteiger partial charge is 0.336 e. The highest BCUT2D eigenvalue weighted by Gasteiger charge is 2.06. The van der Waals surface area contributed by atoms with E-state index in [2.05, 4.69) is 5.73 Å². The molecule has 0 saturated carbocycles. The molecule has 0 spiro atoms. The van der Waals surface area contributed by atoms with Crippen LogP contribution in [-0.2, 0) is 0 Å². The van der Waals surface area contributed by atoms with Gasteiger partial charge in [0.2, 0.25) is 5.82 Å². The van der Waals surface area contributed by atoms with Crippen molar-refractivity contribution in [1.29, 1.82) is 0 Å². The van der Waals surface area contributed by atoms with Crippen molar-refractivity contribution in [1.82, 2.24) is 9.55 Å². The number of halogens is 1. The van der Waals surface area contributed by atoms with Gasteiger partial charge in [-0.25, -0.2) is 14.2 Å². The SMILES string of the molecule is NC(=O)n1cc(F)c(=O)[nH]c1=O. The second-order valence-corrected chi connectivity index (χ2v) is 1.94. The Labute approximate surface area is 64.4 Å². The van der Waals surface area contributed by atoms with E-state index >= 15 is 0 Å². The van der Waals surface area contributed by atoms with Crippen molar-refractivity contribution in [2.24, 2.45) is 5.73 Å². The molecule has 7 heteroatoms. The Balaban J connectivity index is 3.54. The number of nitrogens with one attached hydrogen (secondary N) is 1. The lowest BCUT2D eigenvalue weighted by Crippen LogP contribution is -2.37. The van der Waals surface area contributed by atoms with Gasteiger partial charge in [-0.2, -0.15) is 4.39 Å². The summed E-state index contributed by atoms with van der Waals surface area (Å²) in [4.78, 5) is 33.0. The third-order valence-electron chi connectivity index (χ3n) is 1.14. The Kier molecular flexibility index (Phi) is 1.78. The average Bonchev–Trinajstić information content (AvgIpc) is 1.96. The summed E-state index contributed by atoms with van der Waals surface area (Å²) in [6.45, 7) is 0. The van der Waals surface area contributed by atoms with Crippen LogP contribution in [0.4, 0.5) is 9.18 Å². The standard InChI is InChI=1S/C5H4FN3O3/c6-2-1-9(4(7)11)5(12)8-3(2)10/h1H,(H2,7,11)(H,8,10,12).